The first-order chi connectivity index (χ1) is 19.5. The highest BCUT2D eigenvalue weighted by molar-refractivity contribution is 6.31. The van der Waals surface area contributed by atoms with Gasteiger partial charge in [0.2, 0.25) is 11.8 Å². The van der Waals surface area contributed by atoms with Crippen LogP contribution in [-0.4, -0.2) is 37.0 Å². The van der Waals surface area contributed by atoms with Gasteiger partial charge in [0.25, 0.3) is 0 Å². The lowest BCUT2D eigenvalue weighted by Gasteiger charge is -2.32. The maximum Gasteiger partial charge on any atom is 0.243 e. The summed E-state index contributed by atoms with van der Waals surface area (Å²) < 4.78 is 10.8. The van der Waals surface area contributed by atoms with Gasteiger partial charge in [0.15, 0.2) is 11.5 Å². The molecule has 0 saturated heterocycles. The van der Waals surface area contributed by atoms with Crippen molar-refractivity contribution in [2.45, 2.75) is 32.0 Å². The maximum atomic E-state index is 14.0. The van der Waals surface area contributed by atoms with Crippen LogP contribution in [0.5, 0.6) is 11.5 Å². The van der Waals surface area contributed by atoms with Gasteiger partial charge in [0.1, 0.15) is 6.04 Å². The van der Waals surface area contributed by atoms with Crippen LogP contribution in [0.4, 0.5) is 0 Å². The molecule has 0 heterocycles. The predicted octanol–water partition coefficient (Wildman–Crippen LogP) is 5.86. The Kier molecular flexibility index (Phi) is 10.2. The van der Waals surface area contributed by atoms with Gasteiger partial charge in [-0.2, -0.15) is 0 Å². The SMILES string of the molecule is COc1ccc(CC(=O)N(Cc2ccccc2)C(Cc2ccccc2)C(=O)NCc2ccccc2Cl)cc1OC. The number of nitrogens with one attached hydrogen (secondary N) is 1. The first-order valence-electron chi connectivity index (χ1n) is 13.1. The monoisotopic (exact) mass is 556 g/mol. The number of nitrogens with zero attached hydrogens (tertiary/aromatic N) is 1. The third-order valence-corrected chi connectivity index (χ3v) is 7.05. The van der Waals surface area contributed by atoms with Crippen LogP contribution >= 0.6 is 11.6 Å². The Morgan fingerprint density at radius 1 is 0.775 bits per heavy atom. The highest BCUT2D eigenvalue weighted by Gasteiger charge is 2.30. The summed E-state index contributed by atoms with van der Waals surface area (Å²) in [4.78, 5) is 29.5. The summed E-state index contributed by atoms with van der Waals surface area (Å²) in [6.07, 6.45) is 0.454. The average Bonchev–Trinajstić information content (AvgIpc) is 2.99. The average molecular weight is 557 g/mol. The predicted molar refractivity (Wildman–Crippen MR) is 157 cm³/mol. The fourth-order valence-corrected chi connectivity index (χ4v) is 4.75. The molecule has 1 N–H and O–H groups in total. The molecular weight excluding hydrogens is 524 g/mol. The van der Waals surface area contributed by atoms with Crippen LogP contribution in [0, 0.1) is 0 Å². The molecule has 0 aliphatic carbocycles. The van der Waals surface area contributed by atoms with E-state index in [4.69, 9.17) is 21.1 Å². The highest BCUT2D eigenvalue weighted by atomic mass is 35.5. The Labute approximate surface area is 240 Å². The van der Waals surface area contributed by atoms with Gasteiger partial charge in [-0.25, -0.2) is 0 Å². The van der Waals surface area contributed by atoms with Crippen molar-refractivity contribution in [2.75, 3.05) is 14.2 Å². The highest BCUT2D eigenvalue weighted by Crippen LogP contribution is 2.28. The molecule has 0 bridgehead atoms. The molecular formula is C33H33ClN2O4. The Morgan fingerprint density at radius 2 is 1.40 bits per heavy atom. The van der Waals surface area contributed by atoms with Gasteiger partial charge in [-0.05, 0) is 40.5 Å². The Bertz CT molecular complexity index is 1410. The second kappa shape index (κ2) is 14.2. The van der Waals surface area contributed by atoms with Crippen molar-refractivity contribution < 1.29 is 19.1 Å². The topological polar surface area (TPSA) is 67.9 Å². The molecule has 0 aliphatic rings. The fourth-order valence-electron chi connectivity index (χ4n) is 4.54. The van der Waals surface area contributed by atoms with E-state index in [-0.39, 0.29) is 31.3 Å². The first-order valence-corrected chi connectivity index (χ1v) is 13.5. The van der Waals surface area contributed by atoms with Crippen LogP contribution in [0.25, 0.3) is 0 Å². The lowest BCUT2D eigenvalue weighted by atomic mass is 10.0. The Morgan fingerprint density at radius 3 is 2.05 bits per heavy atom. The van der Waals surface area contributed by atoms with Gasteiger partial charge in [-0.1, -0.05) is 96.5 Å². The number of hydrogen-bond donors (Lipinski definition) is 1. The van der Waals surface area contributed by atoms with Gasteiger partial charge in [0, 0.05) is 24.5 Å². The number of methoxy groups -OCH3 is 2. The molecule has 1 atom stereocenters. The normalized spacial score (nSPS) is 11.4. The zero-order valence-electron chi connectivity index (χ0n) is 22.7. The number of benzene rings is 4. The van der Waals surface area contributed by atoms with E-state index in [1.165, 1.54) is 0 Å². The molecule has 0 saturated carbocycles. The van der Waals surface area contributed by atoms with E-state index in [2.05, 4.69) is 5.32 Å². The van der Waals surface area contributed by atoms with Crippen LogP contribution in [0.3, 0.4) is 0 Å². The van der Waals surface area contributed by atoms with Crippen LogP contribution < -0.4 is 14.8 Å². The lowest BCUT2D eigenvalue weighted by molar-refractivity contribution is -0.140. The van der Waals surface area contributed by atoms with Crippen LogP contribution in [0.1, 0.15) is 22.3 Å². The Balaban J connectivity index is 1.66. The zero-order valence-corrected chi connectivity index (χ0v) is 23.4. The molecule has 0 spiro atoms. The number of carbonyl (C=O) groups is 2. The number of hydrogen-bond acceptors (Lipinski definition) is 4. The molecule has 0 fully saturated rings. The van der Waals surface area contributed by atoms with E-state index in [0.29, 0.717) is 22.9 Å². The molecule has 206 valence electrons. The minimum absolute atomic E-state index is 0.0935. The van der Waals surface area contributed by atoms with Gasteiger partial charge >= 0.3 is 0 Å². The number of ether oxygens (including phenoxy) is 2. The van der Waals surface area contributed by atoms with Crippen molar-refractivity contribution in [2.24, 2.45) is 0 Å². The van der Waals surface area contributed by atoms with Crippen molar-refractivity contribution in [3.8, 4) is 11.5 Å². The first kappa shape index (κ1) is 28.7. The number of amides is 2. The standard InChI is InChI=1S/C33H33ClN2O4/c1-39-30-18-17-26(20-31(30)40-2)21-32(37)36(23-25-13-7-4-8-14-25)29(19-24-11-5-3-6-12-24)33(38)35-22-27-15-9-10-16-28(27)34/h3-18,20,29H,19,21-23H2,1-2H3,(H,35,38). The van der Waals surface area contributed by atoms with Crippen molar-refractivity contribution in [3.05, 3.63) is 130 Å². The Hall–Kier alpha value is -4.29. The van der Waals surface area contributed by atoms with E-state index in [1.54, 1.807) is 37.3 Å². The maximum absolute atomic E-state index is 14.0. The largest absolute Gasteiger partial charge is 0.493 e. The van der Waals surface area contributed by atoms with Crippen molar-refractivity contribution in [1.29, 1.82) is 0 Å². The minimum atomic E-state index is -0.752. The quantitative estimate of drug-likeness (QED) is 0.237. The number of rotatable bonds is 12. The molecule has 4 aromatic carbocycles. The summed E-state index contributed by atoms with van der Waals surface area (Å²) in [6.45, 7) is 0.539. The van der Waals surface area contributed by atoms with E-state index in [1.807, 2.05) is 84.9 Å². The summed E-state index contributed by atoms with van der Waals surface area (Å²) in [5.41, 5.74) is 3.45. The molecule has 4 rings (SSSR count). The van der Waals surface area contributed by atoms with E-state index in [9.17, 15) is 9.59 Å². The van der Waals surface area contributed by atoms with E-state index < -0.39 is 6.04 Å². The van der Waals surface area contributed by atoms with E-state index >= 15 is 0 Å². The van der Waals surface area contributed by atoms with Gasteiger partial charge in [0.05, 0.1) is 20.6 Å². The smallest absolute Gasteiger partial charge is 0.243 e. The van der Waals surface area contributed by atoms with Gasteiger partial charge in [-0.3, -0.25) is 9.59 Å². The second-order valence-electron chi connectivity index (χ2n) is 9.39. The van der Waals surface area contributed by atoms with Crippen LogP contribution in [0.2, 0.25) is 5.02 Å². The van der Waals surface area contributed by atoms with Gasteiger partial charge < -0.3 is 19.7 Å². The lowest BCUT2D eigenvalue weighted by Crippen LogP contribution is -2.50. The summed E-state index contributed by atoms with van der Waals surface area (Å²) in [6, 6.07) is 31.5. The van der Waals surface area contributed by atoms with Crippen LogP contribution in [-0.2, 0) is 35.5 Å². The number of halogens is 1. The summed E-state index contributed by atoms with van der Waals surface area (Å²) in [5.74, 6) is 0.701. The summed E-state index contributed by atoms with van der Waals surface area (Å²) in [7, 11) is 3.13. The van der Waals surface area contributed by atoms with Crippen molar-refractivity contribution >= 4 is 23.4 Å². The van der Waals surface area contributed by atoms with Gasteiger partial charge in [-0.15, -0.1) is 0 Å². The van der Waals surface area contributed by atoms with E-state index in [0.717, 1.165) is 22.3 Å². The summed E-state index contributed by atoms with van der Waals surface area (Å²) >= 11 is 6.34. The molecule has 7 heteroatoms. The third-order valence-electron chi connectivity index (χ3n) is 6.68. The molecule has 0 aliphatic heterocycles. The fraction of sp³-hybridized carbons (Fsp3) is 0.212. The number of carbonyl (C=O) groups excluding carboxylic acids is 2. The molecule has 0 aromatic heterocycles. The molecule has 1 unspecified atom stereocenters. The molecule has 2 amide bonds. The molecule has 4 aromatic rings. The zero-order chi connectivity index (χ0) is 28.3. The molecule has 6 nitrogen and oxygen atoms in total. The molecule has 0 radical (unpaired) electrons. The van der Waals surface area contributed by atoms with Crippen molar-refractivity contribution in [1.82, 2.24) is 10.2 Å². The summed E-state index contributed by atoms with van der Waals surface area (Å²) in [5, 5.41) is 3.60. The second-order valence-corrected chi connectivity index (χ2v) is 9.80. The van der Waals surface area contributed by atoms with Crippen molar-refractivity contribution in [3.63, 3.8) is 0 Å². The van der Waals surface area contributed by atoms with Crippen LogP contribution in [0.15, 0.2) is 103 Å². The minimum Gasteiger partial charge on any atom is -0.493 e. The molecule has 40 heavy (non-hydrogen) atoms. The third kappa shape index (κ3) is 7.64.